The average Bonchev–Trinajstić information content (AvgIpc) is 3.55. The number of thiophene rings is 1. The van der Waals surface area contributed by atoms with Crippen molar-refractivity contribution in [1.29, 1.82) is 5.26 Å². The quantitative estimate of drug-likeness (QED) is 0.307. The van der Waals surface area contributed by atoms with Gasteiger partial charge in [0.25, 0.3) is 11.1 Å². The number of rotatable bonds is 8. The van der Waals surface area contributed by atoms with Crippen molar-refractivity contribution in [2.24, 2.45) is 5.92 Å². The summed E-state index contributed by atoms with van der Waals surface area (Å²) < 4.78 is 0. The molecule has 5 rings (SSSR count). The molecule has 0 spiro atoms. The smallest absolute Gasteiger partial charge is 0.290 e. The predicted molar refractivity (Wildman–Crippen MR) is 150 cm³/mol. The first-order valence-electron chi connectivity index (χ1n) is 12.4. The molecule has 12 heteroatoms. The number of amides is 2. The molecule has 3 aromatic heterocycles. The number of hydrogen-bond acceptors (Lipinski definition) is 11. The molecule has 2 N–H and O–H groups in total. The van der Waals surface area contributed by atoms with Gasteiger partial charge in [0.1, 0.15) is 6.07 Å². The zero-order chi connectivity index (χ0) is 27.4. The first kappa shape index (κ1) is 26.7. The van der Waals surface area contributed by atoms with E-state index in [1.807, 2.05) is 12.1 Å². The van der Waals surface area contributed by atoms with Gasteiger partial charge in [-0.15, -0.1) is 11.3 Å². The maximum absolute atomic E-state index is 11.8. The van der Waals surface area contributed by atoms with E-state index in [0.29, 0.717) is 45.1 Å². The molecule has 0 aromatic carbocycles. The second-order valence-corrected chi connectivity index (χ2v) is 11.4. The molecular formula is C27H25N7O3S2. The fourth-order valence-electron chi connectivity index (χ4n) is 4.45. The van der Waals surface area contributed by atoms with Gasteiger partial charge in [-0.05, 0) is 79.9 Å². The predicted octanol–water partition coefficient (Wildman–Crippen LogP) is 4.00. The largest absolute Gasteiger partial charge is 0.341 e. The molecule has 0 atom stereocenters. The molecule has 0 radical (unpaired) electrons. The SMILES string of the molecule is CC(=O)c1ccc(-c2ncc(CNCC3CCN(c4nccc(/C=C5\SC(=O)NC5=O)n4)CC3)cc2C#N)s1. The molecule has 0 saturated carbocycles. The fourth-order valence-corrected chi connectivity index (χ4v) is 6.03. The molecule has 5 heterocycles. The number of carbonyl (C=O) groups is 3. The van der Waals surface area contributed by atoms with Gasteiger partial charge in [-0.2, -0.15) is 5.26 Å². The first-order valence-corrected chi connectivity index (χ1v) is 14.1. The summed E-state index contributed by atoms with van der Waals surface area (Å²) in [5, 5.41) is 15.0. The van der Waals surface area contributed by atoms with E-state index in [0.717, 1.165) is 54.7 Å². The van der Waals surface area contributed by atoms with Gasteiger partial charge >= 0.3 is 0 Å². The highest BCUT2D eigenvalue weighted by Gasteiger charge is 2.26. The van der Waals surface area contributed by atoms with E-state index in [9.17, 15) is 19.6 Å². The number of imide groups is 1. The third kappa shape index (κ3) is 6.39. The molecule has 2 saturated heterocycles. The monoisotopic (exact) mass is 559 g/mol. The summed E-state index contributed by atoms with van der Waals surface area (Å²) in [4.78, 5) is 52.2. The van der Waals surface area contributed by atoms with Gasteiger partial charge in [0.2, 0.25) is 5.95 Å². The minimum Gasteiger partial charge on any atom is -0.341 e. The lowest BCUT2D eigenvalue weighted by Gasteiger charge is -2.32. The standard InChI is InChI=1S/C27H25N7O3S2/c1-16(35)21-2-3-22(38-21)24-19(12-28)10-18(15-31-24)14-29-13-17-5-8-34(9-6-17)26-30-7-4-20(32-26)11-23-25(36)33-27(37)39-23/h2-4,7,10-11,15,17,29H,5-6,8-9,13-14H2,1H3,(H,33,36,37)/b23-11-. The van der Waals surface area contributed by atoms with Crippen molar-refractivity contribution < 1.29 is 14.4 Å². The van der Waals surface area contributed by atoms with Crippen molar-refractivity contribution in [2.75, 3.05) is 24.5 Å². The van der Waals surface area contributed by atoms with Crippen LogP contribution in [0.3, 0.4) is 0 Å². The van der Waals surface area contributed by atoms with Crippen molar-refractivity contribution in [3.05, 3.63) is 63.3 Å². The van der Waals surface area contributed by atoms with Crippen LogP contribution in [-0.2, 0) is 11.3 Å². The third-order valence-corrected chi connectivity index (χ3v) is 8.50. The second-order valence-electron chi connectivity index (χ2n) is 9.27. The number of nitrogens with zero attached hydrogens (tertiary/aromatic N) is 5. The van der Waals surface area contributed by atoms with Crippen LogP contribution in [0.2, 0.25) is 0 Å². The van der Waals surface area contributed by atoms with E-state index in [4.69, 9.17) is 0 Å². The number of thioether (sulfide) groups is 1. The number of carbonyl (C=O) groups excluding carboxylic acids is 3. The summed E-state index contributed by atoms with van der Waals surface area (Å²) >= 11 is 2.22. The van der Waals surface area contributed by atoms with Crippen LogP contribution in [0.15, 0.2) is 41.6 Å². The zero-order valence-corrected chi connectivity index (χ0v) is 22.8. The number of piperidine rings is 1. The van der Waals surface area contributed by atoms with Crippen LogP contribution in [0.1, 0.15) is 46.3 Å². The van der Waals surface area contributed by atoms with Crippen LogP contribution in [0, 0.1) is 17.2 Å². The van der Waals surface area contributed by atoms with Crippen LogP contribution in [0.5, 0.6) is 0 Å². The lowest BCUT2D eigenvalue weighted by Crippen LogP contribution is -2.38. The number of ketones is 1. The molecule has 2 aliphatic rings. The molecule has 2 aliphatic heterocycles. The van der Waals surface area contributed by atoms with Crippen LogP contribution >= 0.6 is 23.1 Å². The number of pyridine rings is 1. The summed E-state index contributed by atoms with van der Waals surface area (Å²) in [6.45, 7) is 4.62. The number of nitriles is 1. The van der Waals surface area contributed by atoms with Gasteiger partial charge in [0, 0.05) is 32.0 Å². The van der Waals surface area contributed by atoms with Gasteiger partial charge in [0.15, 0.2) is 5.78 Å². The van der Waals surface area contributed by atoms with Crippen LogP contribution in [0.4, 0.5) is 10.7 Å². The molecule has 39 heavy (non-hydrogen) atoms. The average molecular weight is 560 g/mol. The number of aromatic nitrogens is 3. The second kappa shape index (κ2) is 11.9. The molecule has 0 unspecified atom stereocenters. The lowest BCUT2D eigenvalue weighted by molar-refractivity contribution is -0.115. The maximum Gasteiger partial charge on any atom is 0.290 e. The van der Waals surface area contributed by atoms with Crippen molar-refractivity contribution in [3.63, 3.8) is 0 Å². The van der Waals surface area contributed by atoms with Crippen LogP contribution in [0.25, 0.3) is 16.6 Å². The highest BCUT2D eigenvalue weighted by Crippen LogP contribution is 2.30. The highest BCUT2D eigenvalue weighted by molar-refractivity contribution is 8.18. The van der Waals surface area contributed by atoms with Crippen molar-refractivity contribution in [1.82, 2.24) is 25.6 Å². The number of Topliss-reactive ketones (excluding diaryl/α,β-unsaturated/α-hetero) is 1. The van der Waals surface area contributed by atoms with Gasteiger partial charge < -0.3 is 10.2 Å². The molecule has 0 aliphatic carbocycles. The van der Waals surface area contributed by atoms with Gasteiger partial charge in [-0.25, -0.2) is 9.97 Å². The normalized spacial score (nSPS) is 16.9. The number of anilines is 1. The molecule has 0 bridgehead atoms. The Hall–Kier alpha value is -3.92. The summed E-state index contributed by atoms with van der Waals surface area (Å²) in [6.07, 6.45) is 7.01. The van der Waals surface area contributed by atoms with Gasteiger partial charge in [-0.3, -0.25) is 24.7 Å². The fraction of sp³-hybridized carbons (Fsp3) is 0.296. The molecule has 10 nitrogen and oxygen atoms in total. The molecular weight excluding hydrogens is 534 g/mol. The van der Waals surface area contributed by atoms with Gasteiger partial charge in [0.05, 0.1) is 31.6 Å². The van der Waals surface area contributed by atoms with E-state index in [2.05, 4.69) is 36.6 Å². The molecule has 3 aromatic rings. The third-order valence-electron chi connectivity index (χ3n) is 6.50. The molecule has 2 amide bonds. The van der Waals surface area contributed by atoms with E-state index < -0.39 is 5.91 Å². The van der Waals surface area contributed by atoms with E-state index in [1.54, 1.807) is 30.6 Å². The van der Waals surface area contributed by atoms with E-state index in [-0.39, 0.29) is 11.0 Å². The van der Waals surface area contributed by atoms with Crippen LogP contribution < -0.4 is 15.5 Å². The van der Waals surface area contributed by atoms with Crippen molar-refractivity contribution in [3.8, 4) is 16.6 Å². The Morgan fingerprint density at radius 1 is 1.26 bits per heavy atom. The van der Waals surface area contributed by atoms with E-state index in [1.165, 1.54) is 18.3 Å². The topological polar surface area (TPSA) is 141 Å². The summed E-state index contributed by atoms with van der Waals surface area (Å²) in [6, 6.07) is 9.41. The minimum absolute atomic E-state index is 0.00256. The lowest BCUT2D eigenvalue weighted by atomic mass is 9.97. The molecule has 2 fully saturated rings. The number of nitrogens with one attached hydrogen (secondary N) is 2. The zero-order valence-electron chi connectivity index (χ0n) is 21.1. The van der Waals surface area contributed by atoms with Crippen molar-refractivity contribution in [2.45, 2.75) is 26.3 Å². The highest BCUT2D eigenvalue weighted by atomic mass is 32.2. The summed E-state index contributed by atoms with van der Waals surface area (Å²) in [7, 11) is 0. The maximum atomic E-state index is 11.8. The Labute approximate surface area is 233 Å². The van der Waals surface area contributed by atoms with E-state index >= 15 is 0 Å². The van der Waals surface area contributed by atoms with Gasteiger partial charge in [-0.1, -0.05) is 0 Å². The Bertz CT molecular complexity index is 1500. The van der Waals surface area contributed by atoms with Crippen molar-refractivity contribution >= 4 is 52.1 Å². The Morgan fingerprint density at radius 2 is 2.08 bits per heavy atom. The Morgan fingerprint density at radius 3 is 2.77 bits per heavy atom. The number of hydrogen-bond donors (Lipinski definition) is 2. The first-order chi connectivity index (χ1) is 18.9. The van der Waals surface area contributed by atoms with Crippen LogP contribution in [-0.4, -0.2) is 51.5 Å². The minimum atomic E-state index is -0.403. The summed E-state index contributed by atoms with van der Waals surface area (Å²) in [5.41, 5.74) is 2.63. The molecule has 198 valence electrons. The summed E-state index contributed by atoms with van der Waals surface area (Å²) in [5.74, 6) is 0.708. The Balaban J connectivity index is 1.12. The Kier molecular flexibility index (Phi) is 8.11.